The second-order valence-corrected chi connectivity index (χ2v) is 6.56. The molecule has 2 nitrogen and oxygen atoms in total. The highest BCUT2D eigenvalue weighted by molar-refractivity contribution is 7.14. The van der Waals surface area contributed by atoms with Crippen molar-refractivity contribution in [2.24, 2.45) is 0 Å². The molecule has 2 aromatic rings. The van der Waals surface area contributed by atoms with Crippen LogP contribution in [0.15, 0.2) is 30.3 Å². The first kappa shape index (κ1) is 13.7. The van der Waals surface area contributed by atoms with Crippen LogP contribution in [0.5, 0.6) is 0 Å². The van der Waals surface area contributed by atoms with E-state index in [1.54, 1.807) is 6.07 Å². The zero-order valence-corrected chi connectivity index (χ0v) is 12.0. The highest BCUT2D eigenvalue weighted by Crippen LogP contribution is 2.31. The lowest BCUT2D eigenvalue weighted by molar-refractivity contribution is 0.104. The summed E-state index contributed by atoms with van der Waals surface area (Å²) in [7, 11) is 0. The number of hydrogen-bond donors (Lipinski definition) is 1. The van der Waals surface area contributed by atoms with E-state index >= 15 is 0 Å². The van der Waals surface area contributed by atoms with Crippen LogP contribution in [0.25, 0.3) is 0 Å². The minimum atomic E-state index is -0.435. The summed E-state index contributed by atoms with van der Waals surface area (Å²) < 4.78 is 13.0. The van der Waals surface area contributed by atoms with Gasteiger partial charge in [0.05, 0.1) is 4.88 Å². The van der Waals surface area contributed by atoms with Crippen molar-refractivity contribution < 1.29 is 9.18 Å². The van der Waals surface area contributed by atoms with Gasteiger partial charge in [0.25, 0.3) is 0 Å². The van der Waals surface area contributed by atoms with E-state index in [0.29, 0.717) is 10.4 Å². The van der Waals surface area contributed by atoms with Gasteiger partial charge in [-0.05, 0) is 35.7 Å². The van der Waals surface area contributed by atoms with Gasteiger partial charge >= 0.3 is 0 Å². The largest absolute Gasteiger partial charge is 0.398 e. The van der Waals surface area contributed by atoms with Crippen LogP contribution in [0, 0.1) is 5.82 Å². The van der Waals surface area contributed by atoms with Gasteiger partial charge in [0.15, 0.2) is 0 Å². The number of hydrogen-bond acceptors (Lipinski definition) is 3. The fourth-order valence-corrected chi connectivity index (χ4v) is 2.75. The number of anilines is 1. The first-order chi connectivity index (χ1) is 8.79. The lowest BCUT2D eigenvalue weighted by Gasteiger charge is -2.15. The molecule has 1 aromatic carbocycles. The highest BCUT2D eigenvalue weighted by Gasteiger charge is 2.20. The topological polar surface area (TPSA) is 43.1 Å². The Morgan fingerprint density at radius 1 is 1.21 bits per heavy atom. The molecule has 0 unspecified atom stereocenters. The molecule has 0 saturated carbocycles. The van der Waals surface area contributed by atoms with Crippen molar-refractivity contribution in [2.45, 2.75) is 26.2 Å². The minimum Gasteiger partial charge on any atom is -0.398 e. The average Bonchev–Trinajstić information content (AvgIpc) is 2.76. The maximum absolute atomic E-state index is 13.0. The van der Waals surface area contributed by atoms with Gasteiger partial charge in [0.2, 0.25) is 5.78 Å². The van der Waals surface area contributed by atoms with Crippen molar-refractivity contribution in [2.75, 3.05) is 5.73 Å². The van der Waals surface area contributed by atoms with Crippen molar-refractivity contribution in [1.82, 2.24) is 0 Å². The molecule has 0 bridgehead atoms. The Kier molecular flexibility index (Phi) is 3.45. The Balaban J connectivity index is 2.37. The maximum atomic E-state index is 13.0. The van der Waals surface area contributed by atoms with E-state index in [2.05, 4.69) is 20.8 Å². The third-order valence-corrected chi connectivity index (χ3v) is 4.34. The van der Waals surface area contributed by atoms with E-state index in [9.17, 15) is 9.18 Å². The molecular weight excluding hydrogens is 261 g/mol. The Hall–Kier alpha value is -1.68. The minimum absolute atomic E-state index is 0.0114. The maximum Gasteiger partial charge on any atom is 0.205 e. The molecule has 1 heterocycles. The molecule has 0 amide bonds. The average molecular weight is 277 g/mol. The summed E-state index contributed by atoms with van der Waals surface area (Å²) in [5.74, 6) is -0.589. The zero-order valence-electron chi connectivity index (χ0n) is 11.2. The first-order valence-electron chi connectivity index (χ1n) is 5.99. The van der Waals surface area contributed by atoms with Crippen LogP contribution in [-0.4, -0.2) is 5.78 Å². The smallest absolute Gasteiger partial charge is 0.205 e. The third kappa shape index (κ3) is 2.84. The van der Waals surface area contributed by atoms with Crippen LogP contribution in [0.1, 0.15) is 40.9 Å². The Bertz CT molecular complexity index is 625. The molecule has 2 N–H and O–H groups in total. The lowest BCUT2D eigenvalue weighted by atomic mass is 9.95. The van der Waals surface area contributed by atoms with Gasteiger partial charge in [-0.25, -0.2) is 4.39 Å². The third-order valence-electron chi connectivity index (χ3n) is 2.83. The van der Waals surface area contributed by atoms with E-state index in [1.807, 2.05) is 6.07 Å². The van der Waals surface area contributed by atoms with Crippen LogP contribution in [0.2, 0.25) is 0 Å². The normalized spacial score (nSPS) is 11.6. The second-order valence-electron chi connectivity index (χ2n) is 5.47. The predicted octanol–water partition coefficient (Wildman–Crippen LogP) is 4.00. The Morgan fingerprint density at radius 2 is 1.89 bits per heavy atom. The monoisotopic (exact) mass is 277 g/mol. The summed E-state index contributed by atoms with van der Waals surface area (Å²) in [5.41, 5.74) is 6.23. The first-order valence-corrected chi connectivity index (χ1v) is 6.81. The molecule has 19 heavy (non-hydrogen) atoms. The molecule has 0 atom stereocenters. The van der Waals surface area contributed by atoms with Crippen LogP contribution in [0.3, 0.4) is 0 Å². The molecule has 0 fully saturated rings. The molecule has 0 saturated heterocycles. The summed E-state index contributed by atoms with van der Waals surface area (Å²) in [6, 6.07) is 7.62. The summed E-state index contributed by atoms with van der Waals surface area (Å²) in [4.78, 5) is 14.1. The van der Waals surface area contributed by atoms with Crippen LogP contribution in [0.4, 0.5) is 10.1 Å². The molecule has 0 aliphatic rings. The van der Waals surface area contributed by atoms with Crippen LogP contribution < -0.4 is 5.73 Å². The standard InChI is InChI=1S/C15H16FNOS/c1-15(2,3)13-7-6-12(19-13)14(18)10-5-4-9(16)8-11(10)17/h4-8H,17H2,1-3H3. The molecule has 1 aromatic heterocycles. The zero-order chi connectivity index (χ0) is 14.2. The highest BCUT2D eigenvalue weighted by atomic mass is 32.1. The molecule has 4 heteroatoms. The van der Waals surface area contributed by atoms with E-state index in [0.717, 1.165) is 4.88 Å². The van der Waals surface area contributed by atoms with Crippen LogP contribution >= 0.6 is 11.3 Å². The van der Waals surface area contributed by atoms with Gasteiger partial charge in [-0.2, -0.15) is 0 Å². The Morgan fingerprint density at radius 3 is 2.42 bits per heavy atom. The van der Waals surface area contributed by atoms with Gasteiger partial charge < -0.3 is 5.73 Å². The number of carbonyl (C=O) groups is 1. The van der Waals surface area contributed by atoms with Gasteiger partial charge in [-0.15, -0.1) is 11.3 Å². The molecule has 0 spiro atoms. The summed E-state index contributed by atoms with van der Waals surface area (Å²) in [5, 5.41) is 0. The number of carbonyl (C=O) groups excluding carboxylic acids is 1. The van der Waals surface area contributed by atoms with Gasteiger partial charge in [0.1, 0.15) is 5.82 Å². The summed E-state index contributed by atoms with van der Waals surface area (Å²) in [6.45, 7) is 6.29. The quantitative estimate of drug-likeness (QED) is 0.666. The van der Waals surface area contributed by atoms with Gasteiger partial charge in [0, 0.05) is 16.1 Å². The number of benzene rings is 1. The fourth-order valence-electron chi connectivity index (χ4n) is 1.74. The molecule has 100 valence electrons. The molecule has 0 aliphatic heterocycles. The van der Waals surface area contributed by atoms with E-state index in [4.69, 9.17) is 5.73 Å². The van der Waals surface area contributed by atoms with Gasteiger partial charge in [-0.3, -0.25) is 4.79 Å². The predicted molar refractivity (Wildman–Crippen MR) is 77.3 cm³/mol. The van der Waals surface area contributed by atoms with E-state index in [1.165, 1.54) is 29.5 Å². The number of halogens is 1. The molecule has 2 rings (SSSR count). The van der Waals surface area contributed by atoms with Gasteiger partial charge in [-0.1, -0.05) is 20.8 Å². The van der Waals surface area contributed by atoms with Crippen molar-refractivity contribution >= 4 is 22.8 Å². The number of ketones is 1. The van der Waals surface area contributed by atoms with Crippen molar-refractivity contribution in [1.29, 1.82) is 0 Å². The number of rotatable bonds is 2. The summed E-state index contributed by atoms with van der Waals surface area (Å²) >= 11 is 1.46. The molecule has 0 radical (unpaired) electrons. The lowest BCUT2D eigenvalue weighted by Crippen LogP contribution is -2.08. The number of thiophene rings is 1. The second kappa shape index (κ2) is 4.78. The summed E-state index contributed by atoms with van der Waals surface area (Å²) in [6.07, 6.45) is 0. The van der Waals surface area contributed by atoms with E-state index < -0.39 is 5.82 Å². The number of nitrogen functional groups attached to an aromatic ring is 1. The SMILES string of the molecule is CC(C)(C)c1ccc(C(=O)c2ccc(F)cc2N)s1. The Labute approximate surface area is 116 Å². The van der Waals surface area contributed by atoms with E-state index in [-0.39, 0.29) is 16.9 Å². The molecular formula is C15H16FNOS. The molecule has 0 aliphatic carbocycles. The van der Waals surface area contributed by atoms with Crippen molar-refractivity contribution in [3.05, 3.63) is 51.5 Å². The number of nitrogens with two attached hydrogens (primary N) is 1. The van der Waals surface area contributed by atoms with Crippen molar-refractivity contribution in [3.63, 3.8) is 0 Å². The van der Waals surface area contributed by atoms with Crippen molar-refractivity contribution in [3.8, 4) is 0 Å². The fraction of sp³-hybridized carbons (Fsp3) is 0.267. The van der Waals surface area contributed by atoms with Crippen LogP contribution in [-0.2, 0) is 5.41 Å².